The molecule has 1 aliphatic carbocycles. The van der Waals surface area contributed by atoms with Crippen LogP contribution in [0.5, 0.6) is 0 Å². The molecule has 0 saturated heterocycles. The molecule has 3 N–H and O–H groups in total. The number of nitrogens with zero attached hydrogens (tertiary/aromatic N) is 2. The largest absolute Gasteiger partial charge is 0.409 e. The third-order valence-electron chi connectivity index (χ3n) is 4.03. The molecule has 0 heterocycles. The van der Waals surface area contributed by atoms with Crippen LogP contribution in [0.3, 0.4) is 0 Å². The summed E-state index contributed by atoms with van der Waals surface area (Å²) < 4.78 is 0. The van der Waals surface area contributed by atoms with Crippen LogP contribution in [0.25, 0.3) is 0 Å². The fourth-order valence-electron chi connectivity index (χ4n) is 2.85. The SMILES string of the molecule is N/C(CCN(C(=O)CC1CCCC1)c1ccccc1)=N/O. The second-order valence-corrected chi connectivity index (χ2v) is 5.58. The predicted molar refractivity (Wildman–Crippen MR) is 83.4 cm³/mol. The average molecular weight is 289 g/mol. The van der Waals surface area contributed by atoms with Gasteiger partial charge < -0.3 is 15.8 Å². The topological polar surface area (TPSA) is 78.9 Å². The molecule has 0 bridgehead atoms. The number of benzene rings is 1. The Balaban J connectivity index is 2.05. The first-order valence-corrected chi connectivity index (χ1v) is 7.52. The Morgan fingerprint density at radius 1 is 1.29 bits per heavy atom. The minimum atomic E-state index is 0.124. The molecular weight excluding hydrogens is 266 g/mol. The summed E-state index contributed by atoms with van der Waals surface area (Å²) in [6.07, 6.45) is 5.71. The van der Waals surface area contributed by atoms with E-state index in [-0.39, 0.29) is 11.7 Å². The molecule has 0 aromatic heterocycles. The van der Waals surface area contributed by atoms with E-state index in [0.717, 1.165) is 18.5 Å². The van der Waals surface area contributed by atoms with E-state index < -0.39 is 0 Å². The van der Waals surface area contributed by atoms with Gasteiger partial charge in [0.05, 0.1) is 0 Å². The number of amidine groups is 1. The van der Waals surface area contributed by atoms with E-state index in [1.54, 1.807) is 4.90 Å². The van der Waals surface area contributed by atoms with Crippen LogP contribution in [-0.2, 0) is 4.79 Å². The van der Waals surface area contributed by atoms with E-state index in [1.807, 2.05) is 30.3 Å². The minimum Gasteiger partial charge on any atom is -0.409 e. The zero-order valence-corrected chi connectivity index (χ0v) is 12.2. The summed E-state index contributed by atoms with van der Waals surface area (Å²) in [6, 6.07) is 9.58. The first kappa shape index (κ1) is 15.4. The summed E-state index contributed by atoms with van der Waals surface area (Å²) in [5.74, 6) is 0.774. The van der Waals surface area contributed by atoms with Crippen LogP contribution in [-0.4, -0.2) is 23.5 Å². The molecule has 0 radical (unpaired) electrons. The standard InChI is InChI=1S/C16H23N3O2/c17-15(18-21)10-11-19(14-8-2-1-3-9-14)16(20)12-13-6-4-5-7-13/h1-3,8-9,13,21H,4-7,10-12H2,(H2,17,18). The molecule has 1 aromatic carbocycles. The Labute approximate surface area is 125 Å². The van der Waals surface area contributed by atoms with Crippen LogP contribution in [0.15, 0.2) is 35.5 Å². The molecule has 1 aliphatic rings. The summed E-state index contributed by atoms with van der Waals surface area (Å²) in [6.45, 7) is 0.436. The predicted octanol–water partition coefficient (Wildman–Crippen LogP) is 2.74. The average Bonchev–Trinajstić information content (AvgIpc) is 3.01. The van der Waals surface area contributed by atoms with Crippen molar-refractivity contribution in [1.29, 1.82) is 0 Å². The van der Waals surface area contributed by atoms with Crippen molar-refractivity contribution in [2.45, 2.75) is 38.5 Å². The summed E-state index contributed by atoms with van der Waals surface area (Å²) in [5.41, 5.74) is 6.39. The minimum absolute atomic E-state index is 0.124. The number of para-hydroxylation sites is 1. The number of hydrogen-bond donors (Lipinski definition) is 2. The highest BCUT2D eigenvalue weighted by Gasteiger charge is 2.23. The molecule has 1 fully saturated rings. The highest BCUT2D eigenvalue weighted by molar-refractivity contribution is 5.94. The molecule has 1 saturated carbocycles. The fourth-order valence-corrected chi connectivity index (χ4v) is 2.85. The number of amides is 1. The zero-order chi connectivity index (χ0) is 15.1. The Hall–Kier alpha value is -2.04. The van der Waals surface area contributed by atoms with Gasteiger partial charge in [-0.05, 0) is 30.9 Å². The third kappa shape index (κ3) is 4.48. The maximum Gasteiger partial charge on any atom is 0.227 e. The van der Waals surface area contributed by atoms with Crippen molar-refractivity contribution in [2.75, 3.05) is 11.4 Å². The number of nitrogens with two attached hydrogens (primary N) is 1. The molecule has 5 heteroatoms. The maximum atomic E-state index is 12.6. The quantitative estimate of drug-likeness (QED) is 0.366. The summed E-state index contributed by atoms with van der Waals surface area (Å²) >= 11 is 0. The normalized spacial score (nSPS) is 16.1. The number of carbonyl (C=O) groups excluding carboxylic acids is 1. The maximum absolute atomic E-state index is 12.6. The number of hydrogen-bond acceptors (Lipinski definition) is 3. The van der Waals surface area contributed by atoms with E-state index in [0.29, 0.717) is 25.3 Å². The molecule has 5 nitrogen and oxygen atoms in total. The van der Waals surface area contributed by atoms with Gasteiger partial charge in [0, 0.05) is 25.1 Å². The first-order valence-electron chi connectivity index (χ1n) is 7.52. The van der Waals surface area contributed by atoms with Gasteiger partial charge in [-0.3, -0.25) is 4.79 Å². The fraction of sp³-hybridized carbons (Fsp3) is 0.500. The van der Waals surface area contributed by atoms with Crippen LogP contribution in [0.1, 0.15) is 38.5 Å². The van der Waals surface area contributed by atoms with Crippen molar-refractivity contribution in [2.24, 2.45) is 16.8 Å². The Morgan fingerprint density at radius 3 is 2.57 bits per heavy atom. The monoisotopic (exact) mass is 289 g/mol. The molecule has 0 spiro atoms. The van der Waals surface area contributed by atoms with Gasteiger partial charge >= 0.3 is 0 Å². The lowest BCUT2D eigenvalue weighted by Gasteiger charge is -2.24. The second kappa shape index (κ2) is 7.67. The molecule has 0 aliphatic heterocycles. The lowest BCUT2D eigenvalue weighted by atomic mass is 10.0. The number of rotatable bonds is 6. The van der Waals surface area contributed by atoms with E-state index in [2.05, 4.69) is 5.16 Å². The third-order valence-corrected chi connectivity index (χ3v) is 4.03. The highest BCUT2D eigenvalue weighted by Crippen LogP contribution is 2.29. The van der Waals surface area contributed by atoms with Gasteiger partial charge in [0.2, 0.25) is 5.91 Å². The van der Waals surface area contributed by atoms with Crippen molar-refractivity contribution in [3.63, 3.8) is 0 Å². The first-order chi connectivity index (χ1) is 10.2. The van der Waals surface area contributed by atoms with Crippen molar-refractivity contribution in [1.82, 2.24) is 0 Å². The Kier molecular flexibility index (Phi) is 5.60. The molecular formula is C16H23N3O2. The van der Waals surface area contributed by atoms with Gasteiger partial charge in [-0.2, -0.15) is 0 Å². The molecule has 0 atom stereocenters. The van der Waals surface area contributed by atoms with Gasteiger partial charge in [-0.1, -0.05) is 36.2 Å². The molecule has 114 valence electrons. The summed E-state index contributed by atoms with van der Waals surface area (Å²) in [5, 5.41) is 11.6. The molecule has 21 heavy (non-hydrogen) atoms. The van der Waals surface area contributed by atoms with Crippen LogP contribution in [0, 0.1) is 5.92 Å². The molecule has 2 rings (SSSR count). The smallest absolute Gasteiger partial charge is 0.227 e. The van der Waals surface area contributed by atoms with Gasteiger partial charge in [-0.15, -0.1) is 0 Å². The molecule has 1 aromatic rings. The highest BCUT2D eigenvalue weighted by atomic mass is 16.4. The van der Waals surface area contributed by atoms with Crippen molar-refractivity contribution in [3.05, 3.63) is 30.3 Å². The van der Waals surface area contributed by atoms with E-state index in [4.69, 9.17) is 10.9 Å². The molecule has 0 unspecified atom stereocenters. The second-order valence-electron chi connectivity index (χ2n) is 5.58. The van der Waals surface area contributed by atoms with Crippen molar-refractivity contribution < 1.29 is 10.0 Å². The van der Waals surface area contributed by atoms with Crippen LogP contribution >= 0.6 is 0 Å². The Morgan fingerprint density at radius 2 is 1.95 bits per heavy atom. The van der Waals surface area contributed by atoms with Crippen molar-refractivity contribution >= 4 is 17.4 Å². The van der Waals surface area contributed by atoms with Gasteiger partial charge in [0.1, 0.15) is 5.84 Å². The van der Waals surface area contributed by atoms with Crippen LogP contribution in [0.2, 0.25) is 0 Å². The van der Waals surface area contributed by atoms with E-state index >= 15 is 0 Å². The van der Waals surface area contributed by atoms with Gasteiger partial charge in [-0.25, -0.2) is 0 Å². The summed E-state index contributed by atoms with van der Waals surface area (Å²) in [4.78, 5) is 14.3. The molecule has 1 amide bonds. The van der Waals surface area contributed by atoms with E-state index in [9.17, 15) is 4.79 Å². The van der Waals surface area contributed by atoms with Crippen molar-refractivity contribution in [3.8, 4) is 0 Å². The number of anilines is 1. The lowest BCUT2D eigenvalue weighted by Crippen LogP contribution is -2.35. The van der Waals surface area contributed by atoms with Gasteiger partial charge in [0.15, 0.2) is 0 Å². The van der Waals surface area contributed by atoms with E-state index in [1.165, 1.54) is 12.8 Å². The zero-order valence-electron chi connectivity index (χ0n) is 12.2. The Bertz CT molecular complexity index is 482. The van der Waals surface area contributed by atoms with Crippen LogP contribution in [0.4, 0.5) is 5.69 Å². The summed E-state index contributed by atoms with van der Waals surface area (Å²) in [7, 11) is 0. The number of carbonyl (C=O) groups is 1. The van der Waals surface area contributed by atoms with Gasteiger partial charge in [0.25, 0.3) is 0 Å². The number of oxime groups is 1. The lowest BCUT2D eigenvalue weighted by molar-refractivity contribution is -0.119. The van der Waals surface area contributed by atoms with Crippen LogP contribution < -0.4 is 10.6 Å².